The number of nitrogens with one attached hydrogen (secondary N) is 2. The van der Waals surface area contributed by atoms with Crippen LogP contribution in [0.1, 0.15) is 12.0 Å². The average molecular weight is 838 g/mol. The molecule has 4 aromatic carbocycles. The summed E-state index contributed by atoms with van der Waals surface area (Å²) in [7, 11) is -0.319. The zero-order valence-electron chi connectivity index (χ0n) is 32.2. The number of halogens is 1. The van der Waals surface area contributed by atoms with E-state index in [0.717, 1.165) is 79.0 Å². The minimum absolute atomic E-state index is 0.0841. The fourth-order valence-corrected chi connectivity index (χ4v) is 9.04. The number of nitro benzene ring substituents is 1. The van der Waals surface area contributed by atoms with Crippen molar-refractivity contribution in [3.05, 3.63) is 136 Å². The summed E-state index contributed by atoms with van der Waals surface area (Å²) in [5.74, 6) is 0.745. The van der Waals surface area contributed by atoms with E-state index in [-0.39, 0.29) is 28.1 Å². The fourth-order valence-electron chi connectivity index (χ4n) is 6.88. The molecule has 13 nitrogen and oxygen atoms in total. The standard InChI is InChI=1S/C42H44ClN9O4S2/c1-49(2)19-17-33(28-57-35-6-4-3-5-7-35)47-39-15-13-36(25-41(39)52(53)54)58(55,56)48-42-38-14-12-34(24-40(38)45-29-46-42)51-22-20-50(21-23-51)27-31-26-44-18-16-37(31)30-8-10-32(43)11-9-30/h3-16,18,24-26,29,33,47H,17,19-23,27-28H2,1-2H3,(H,45,46,48)/t33-/m1/s1. The summed E-state index contributed by atoms with van der Waals surface area (Å²) in [5, 5.41) is 16.8. The third kappa shape index (κ3) is 10.2. The molecule has 0 aliphatic carbocycles. The van der Waals surface area contributed by atoms with Gasteiger partial charge in [0.15, 0.2) is 5.82 Å². The number of piperazine rings is 1. The van der Waals surface area contributed by atoms with Crippen LogP contribution in [-0.4, -0.2) is 96.7 Å². The summed E-state index contributed by atoms with van der Waals surface area (Å²) in [6.07, 6.45) is 5.77. The number of hydrogen-bond acceptors (Lipinski definition) is 12. The lowest BCUT2D eigenvalue weighted by molar-refractivity contribution is -0.384. The Morgan fingerprint density at radius 1 is 0.948 bits per heavy atom. The van der Waals surface area contributed by atoms with Crippen molar-refractivity contribution in [2.75, 3.05) is 67.5 Å². The molecule has 0 saturated carbocycles. The summed E-state index contributed by atoms with van der Waals surface area (Å²) in [5.41, 5.74) is 4.84. The van der Waals surface area contributed by atoms with E-state index in [9.17, 15) is 18.5 Å². The highest BCUT2D eigenvalue weighted by Gasteiger charge is 2.25. The largest absolute Gasteiger partial charge is 0.376 e. The van der Waals surface area contributed by atoms with Crippen LogP contribution in [0.2, 0.25) is 5.02 Å². The lowest BCUT2D eigenvalue weighted by Crippen LogP contribution is -2.46. The minimum atomic E-state index is -4.27. The second-order valence-corrected chi connectivity index (χ2v) is 17.5. The fraction of sp³-hybridized carbons (Fsp3) is 0.262. The Hall–Kier alpha value is -5.32. The topological polar surface area (TPSA) is 150 Å². The molecule has 0 amide bonds. The summed E-state index contributed by atoms with van der Waals surface area (Å²) >= 11 is 7.78. The van der Waals surface area contributed by atoms with E-state index in [2.05, 4.69) is 39.7 Å². The number of sulfonamides is 1. The maximum Gasteiger partial charge on any atom is 0.293 e. The first-order chi connectivity index (χ1) is 28.0. The molecule has 3 heterocycles. The molecular weight excluding hydrogens is 794 g/mol. The number of rotatable bonds is 16. The van der Waals surface area contributed by atoms with Crippen LogP contribution in [0.3, 0.4) is 0 Å². The van der Waals surface area contributed by atoms with Gasteiger partial charge in [0, 0.05) is 84.0 Å². The summed E-state index contributed by atoms with van der Waals surface area (Å²) in [6, 6.07) is 29.3. The van der Waals surface area contributed by atoms with Crippen LogP contribution in [0, 0.1) is 10.1 Å². The summed E-state index contributed by atoms with van der Waals surface area (Å²) in [4.78, 5) is 32.4. The monoisotopic (exact) mass is 837 g/mol. The number of fused-ring (bicyclic) bond motifs is 1. The van der Waals surface area contributed by atoms with Crippen molar-refractivity contribution < 1.29 is 13.3 Å². The van der Waals surface area contributed by atoms with Crippen molar-refractivity contribution in [2.24, 2.45) is 0 Å². The van der Waals surface area contributed by atoms with Gasteiger partial charge in [0.25, 0.3) is 15.7 Å². The average Bonchev–Trinajstić information content (AvgIpc) is 3.23. The Kier molecular flexibility index (Phi) is 13.0. The quantitative estimate of drug-likeness (QED) is 0.0555. The SMILES string of the molecule is CN(C)CC[C@H](CSc1ccccc1)Nc1ccc(S(=O)(=O)Nc2ncnc3cc(N4CCN(Cc5cnccc5-c5ccc(Cl)cc5)CC4)ccc23)cc1[N+](=O)[O-]. The van der Waals surface area contributed by atoms with Gasteiger partial charge in [-0.3, -0.25) is 24.7 Å². The molecule has 0 bridgehead atoms. The lowest BCUT2D eigenvalue weighted by atomic mass is 10.0. The van der Waals surface area contributed by atoms with Crippen molar-refractivity contribution in [3.63, 3.8) is 0 Å². The van der Waals surface area contributed by atoms with Crippen molar-refractivity contribution in [2.45, 2.75) is 28.8 Å². The normalized spacial score (nSPS) is 14.1. The van der Waals surface area contributed by atoms with E-state index in [4.69, 9.17) is 11.6 Å². The zero-order chi connectivity index (χ0) is 40.6. The number of nitrogens with zero attached hydrogens (tertiary/aromatic N) is 7. The van der Waals surface area contributed by atoms with E-state index < -0.39 is 14.9 Å². The third-order valence-electron chi connectivity index (χ3n) is 10.00. The van der Waals surface area contributed by atoms with Crippen LogP contribution in [0.25, 0.3) is 22.0 Å². The van der Waals surface area contributed by atoms with E-state index in [1.807, 2.05) is 99.3 Å². The molecule has 300 valence electrons. The molecule has 2 aromatic heterocycles. The van der Waals surface area contributed by atoms with Gasteiger partial charge in [-0.05, 0) is 104 Å². The molecule has 2 N–H and O–H groups in total. The molecule has 1 saturated heterocycles. The van der Waals surface area contributed by atoms with Gasteiger partial charge in [-0.2, -0.15) is 0 Å². The predicted molar refractivity (Wildman–Crippen MR) is 233 cm³/mol. The van der Waals surface area contributed by atoms with Gasteiger partial charge in [0.1, 0.15) is 12.0 Å². The van der Waals surface area contributed by atoms with Gasteiger partial charge in [-0.25, -0.2) is 18.4 Å². The summed E-state index contributed by atoms with van der Waals surface area (Å²) in [6.45, 7) is 4.79. The molecule has 0 radical (unpaired) electrons. The van der Waals surface area contributed by atoms with Crippen LogP contribution in [-0.2, 0) is 16.6 Å². The first kappa shape index (κ1) is 40.9. The molecule has 0 unspecified atom stereocenters. The van der Waals surface area contributed by atoms with E-state index in [0.29, 0.717) is 21.7 Å². The first-order valence-electron chi connectivity index (χ1n) is 18.8. The molecule has 58 heavy (non-hydrogen) atoms. The molecule has 1 aliphatic heterocycles. The maximum absolute atomic E-state index is 13.7. The minimum Gasteiger partial charge on any atom is -0.376 e. The maximum atomic E-state index is 13.7. The zero-order valence-corrected chi connectivity index (χ0v) is 34.6. The number of nitro groups is 1. The van der Waals surface area contributed by atoms with E-state index >= 15 is 0 Å². The number of pyridine rings is 1. The number of anilines is 3. The van der Waals surface area contributed by atoms with Crippen LogP contribution >= 0.6 is 23.4 Å². The highest BCUT2D eigenvalue weighted by molar-refractivity contribution is 7.99. The van der Waals surface area contributed by atoms with Gasteiger partial charge in [-0.1, -0.05) is 41.9 Å². The molecule has 1 aliphatic rings. The van der Waals surface area contributed by atoms with Gasteiger partial charge in [0.2, 0.25) is 0 Å². The Balaban J connectivity index is 1.02. The van der Waals surface area contributed by atoms with Crippen LogP contribution in [0.15, 0.2) is 126 Å². The second-order valence-electron chi connectivity index (χ2n) is 14.3. The van der Waals surface area contributed by atoms with E-state index in [1.165, 1.54) is 18.5 Å². The molecule has 16 heteroatoms. The van der Waals surface area contributed by atoms with Gasteiger partial charge >= 0.3 is 0 Å². The van der Waals surface area contributed by atoms with Gasteiger partial charge in [0.05, 0.1) is 15.3 Å². The number of benzene rings is 4. The van der Waals surface area contributed by atoms with Crippen molar-refractivity contribution >= 4 is 67.2 Å². The van der Waals surface area contributed by atoms with Crippen molar-refractivity contribution in [1.82, 2.24) is 24.8 Å². The van der Waals surface area contributed by atoms with Crippen molar-refractivity contribution in [3.8, 4) is 11.1 Å². The van der Waals surface area contributed by atoms with Crippen molar-refractivity contribution in [1.29, 1.82) is 0 Å². The van der Waals surface area contributed by atoms with Crippen LogP contribution < -0.4 is 14.9 Å². The molecule has 1 atom stereocenters. The number of thioether (sulfide) groups is 1. The Morgan fingerprint density at radius 3 is 2.47 bits per heavy atom. The Labute approximate surface area is 347 Å². The molecule has 7 rings (SSSR count). The summed E-state index contributed by atoms with van der Waals surface area (Å²) < 4.78 is 30.0. The van der Waals surface area contributed by atoms with Gasteiger partial charge < -0.3 is 15.1 Å². The second kappa shape index (κ2) is 18.5. The van der Waals surface area contributed by atoms with Crippen LogP contribution in [0.5, 0.6) is 0 Å². The first-order valence-corrected chi connectivity index (χ1v) is 21.7. The Morgan fingerprint density at radius 2 is 1.72 bits per heavy atom. The van der Waals surface area contributed by atoms with Gasteiger partial charge in [-0.15, -0.1) is 11.8 Å². The third-order valence-corrected chi connectivity index (χ3v) is 12.8. The molecule has 6 aromatic rings. The number of hydrogen-bond donors (Lipinski definition) is 2. The highest BCUT2D eigenvalue weighted by Crippen LogP contribution is 2.33. The smallest absolute Gasteiger partial charge is 0.293 e. The number of aromatic nitrogens is 3. The Bertz CT molecular complexity index is 2470. The lowest BCUT2D eigenvalue weighted by Gasteiger charge is -2.36. The molecule has 1 fully saturated rings. The molecular formula is C42H44ClN9O4S2. The van der Waals surface area contributed by atoms with E-state index in [1.54, 1.807) is 17.8 Å². The predicted octanol–water partition coefficient (Wildman–Crippen LogP) is 7.90. The highest BCUT2D eigenvalue weighted by atomic mass is 35.5. The van der Waals surface area contributed by atoms with Crippen LogP contribution in [0.4, 0.5) is 22.9 Å². The molecule has 0 spiro atoms.